The molecule has 3 rings (SSSR count). The standard InChI is InChI=1S/C13H11N3O4/c17-16(18)9-1-3-10(4-2-9)20-11-5-6-14-13-12(11)19-8-7-15-13/h1-6H,7-8H2,(H,14,15). The Labute approximate surface area is 114 Å². The third-order valence-electron chi connectivity index (χ3n) is 2.78. The average Bonchev–Trinajstić information content (AvgIpc) is 2.48. The summed E-state index contributed by atoms with van der Waals surface area (Å²) in [4.78, 5) is 14.3. The molecule has 1 N–H and O–H groups in total. The summed E-state index contributed by atoms with van der Waals surface area (Å²) in [6.45, 7) is 1.23. The van der Waals surface area contributed by atoms with Gasteiger partial charge in [-0.2, -0.15) is 0 Å². The van der Waals surface area contributed by atoms with Gasteiger partial charge in [-0.1, -0.05) is 0 Å². The van der Waals surface area contributed by atoms with Crippen molar-refractivity contribution in [3.63, 3.8) is 0 Å². The zero-order chi connectivity index (χ0) is 13.9. The summed E-state index contributed by atoms with van der Waals surface area (Å²) in [6.07, 6.45) is 1.61. The molecule has 1 aliphatic rings. The minimum absolute atomic E-state index is 0.0204. The Morgan fingerprint density at radius 3 is 2.85 bits per heavy atom. The molecule has 7 nitrogen and oxygen atoms in total. The number of nitrogens with one attached hydrogen (secondary N) is 1. The Bertz CT molecular complexity index is 643. The normalized spacial score (nSPS) is 12.8. The predicted octanol–water partition coefficient (Wildman–Crippen LogP) is 2.59. The van der Waals surface area contributed by atoms with E-state index >= 15 is 0 Å². The first-order valence-electron chi connectivity index (χ1n) is 6.02. The lowest BCUT2D eigenvalue weighted by molar-refractivity contribution is -0.384. The number of ether oxygens (including phenoxy) is 2. The van der Waals surface area contributed by atoms with E-state index in [1.165, 1.54) is 12.1 Å². The van der Waals surface area contributed by atoms with Crippen LogP contribution >= 0.6 is 0 Å². The van der Waals surface area contributed by atoms with Crippen LogP contribution < -0.4 is 14.8 Å². The van der Waals surface area contributed by atoms with Crippen LogP contribution in [0.2, 0.25) is 0 Å². The fraction of sp³-hybridized carbons (Fsp3) is 0.154. The van der Waals surface area contributed by atoms with Crippen molar-refractivity contribution < 1.29 is 14.4 Å². The van der Waals surface area contributed by atoms with Crippen molar-refractivity contribution in [3.8, 4) is 17.2 Å². The Morgan fingerprint density at radius 1 is 1.30 bits per heavy atom. The number of aromatic nitrogens is 1. The monoisotopic (exact) mass is 273 g/mol. The van der Waals surface area contributed by atoms with E-state index in [9.17, 15) is 10.1 Å². The molecule has 0 saturated carbocycles. The molecule has 2 heterocycles. The van der Waals surface area contributed by atoms with Gasteiger partial charge in [-0.15, -0.1) is 0 Å². The molecule has 0 spiro atoms. The van der Waals surface area contributed by atoms with Crippen molar-refractivity contribution >= 4 is 11.5 Å². The second kappa shape index (κ2) is 5.04. The van der Waals surface area contributed by atoms with Gasteiger partial charge in [0.25, 0.3) is 5.69 Å². The summed E-state index contributed by atoms with van der Waals surface area (Å²) in [5.41, 5.74) is 0.0204. The van der Waals surface area contributed by atoms with E-state index in [4.69, 9.17) is 9.47 Å². The van der Waals surface area contributed by atoms with Gasteiger partial charge < -0.3 is 14.8 Å². The van der Waals surface area contributed by atoms with E-state index in [2.05, 4.69) is 10.3 Å². The number of non-ortho nitro benzene ring substituents is 1. The van der Waals surface area contributed by atoms with Crippen LogP contribution in [0.3, 0.4) is 0 Å². The highest BCUT2D eigenvalue weighted by molar-refractivity contribution is 5.60. The number of pyridine rings is 1. The molecule has 0 fully saturated rings. The number of benzene rings is 1. The number of hydrogen-bond donors (Lipinski definition) is 1. The molecule has 1 aromatic carbocycles. The Morgan fingerprint density at radius 2 is 2.10 bits per heavy atom. The second-order valence-corrected chi connectivity index (χ2v) is 4.12. The van der Waals surface area contributed by atoms with E-state index < -0.39 is 4.92 Å². The van der Waals surface area contributed by atoms with Gasteiger partial charge in [-0.3, -0.25) is 10.1 Å². The number of anilines is 1. The highest BCUT2D eigenvalue weighted by Gasteiger charge is 2.17. The summed E-state index contributed by atoms with van der Waals surface area (Å²) in [6, 6.07) is 7.56. The molecular weight excluding hydrogens is 262 g/mol. The molecule has 20 heavy (non-hydrogen) atoms. The van der Waals surface area contributed by atoms with Gasteiger partial charge in [0.05, 0.1) is 11.5 Å². The molecule has 7 heteroatoms. The fourth-order valence-corrected chi connectivity index (χ4v) is 1.86. The van der Waals surface area contributed by atoms with Crippen LogP contribution in [0.25, 0.3) is 0 Å². The lowest BCUT2D eigenvalue weighted by atomic mass is 10.3. The highest BCUT2D eigenvalue weighted by Crippen LogP contribution is 2.37. The van der Waals surface area contributed by atoms with E-state index in [0.29, 0.717) is 36.2 Å². The average molecular weight is 273 g/mol. The molecule has 0 bridgehead atoms. The van der Waals surface area contributed by atoms with Crippen molar-refractivity contribution in [1.82, 2.24) is 4.98 Å². The van der Waals surface area contributed by atoms with Gasteiger partial charge in [-0.05, 0) is 12.1 Å². The van der Waals surface area contributed by atoms with Gasteiger partial charge in [-0.25, -0.2) is 4.98 Å². The molecule has 0 unspecified atom stereocenters. The van der Waals surface area contributed by atoms with E-state index in [1.807, 2.05) is 0 Å². The quantitative estimate of drug-likeness (QED) is 0.683. The molecule has 2 aromatic rings. The molecule has 0 aliphatic carbocycles. The Hall–Kier alpha value is -2.83. The van der Waals surface area contributed by atoms with Crippen LogP contribution in [0.5, 0.6) is 17.2 Å². The van der Waals surface area contributed by atoms with Crippen LogP contribution in [0, 0.1) is 10.1 Å². The maximum absolute atomic E-state index is 10.6. The number of nitro benzene ring substituents is 1. The van der Waals surface area contributed by atoms with Crippen molar-refractivity contribution in [2.75, 3.05) is 18.5 Å². The maximum Gasteiger partial charge on any atom is 0.269 e. The minimum Gasteiger partial charge on any atom is -0.485 e. The van der Waals surface area contributed by atoms with Gasteiger partial charge in [0.15, 0.2) is 11.6 Å². The van der Waals surface area contributed by atoms with Crippen LogP contribution in [-0.2, 0) is 0 Å². The SMILES string of the molecule is O=[N+]([O-])c1ccc(Oc2ccnc3c2OCCN3)cc1. The largest absolute Gasteiger partial charge is 0.485 e. The van der Waals surface area contributed by atoms with Crippen LogP contribution in [0.15, 0.2) is 36.5 Å². The molecule has 0 amide bonds. The van der Waals surface area contributed by atoms with Crippen molar-refractivity contribution in [2.45, 2.75) is 0 Å². The molecule has 0 saturated heterocycles. The zero-order valence-electron chi connectivity index (χ0n) is 10.4. The lowest BCUT2D eigenvalue weighted by Gasteiger charge is -2.20. The first kappa shape index (κ1) is 12.2. The molecular formula is C13H11N3O4. The van der Waals surface area contributed by atoms with E-state index in [0.717, 1.165) is 0 Å². The first-order valence-corrected chi connectivity index (χ1v) is 6.02. The molecule has 0 radical (unpaired) electrons. The molecule has 1 aromatic heterocycles. The van der Waals surface area contributed by atoms with Crippen molar-refractivity contribution in [1.29, 1.82) is 0 Å². The third-order valence-corrected chi connectivity index (χ3v) is 2.78. The fourth-order valence-electron chi connectivity index (χ4n) is 1.86. The minimum atomic E-state index is -0.453. The lowest BCUT2D eigenvalue weighted by Crippen LogP contribution is -2.19. The zero-order valence-corrected chi connectivity index (χ0v) is 10.4. The Balaban J connectivity index is 1.86. The van der Waals surface area contributed by atoms with Crippen molar-refractivity contribution in [3.05, 3.63) is 46.6 Å². The molecule has 1 aliphatic heterocycles. The molecule has 102 valence electrons. The van der Waals surface area contributed by atoms with E-state index in [-0.39, 0.29) is 5.69 Å². The summed E-state index contributed by atoms with van der Waals surface area (Å²) in [7, 11) is 0. The maximum atomic E-state index is 10.6. The third kappa shape index (κ3) is 2.33. The number of fused-ring (bicyclic) bond motifs is 1. The topological polar surface area (TPSA) is 86.5 Å². The van der Waals surface area contributed by atoms with Crippen molar-refractivity contribution in [2.24, 2.45) is 0 Å². The van der Waals surface area contributed by atoms with Gasteiger partial charge >= 0.3 is 0 Å². The highest BCUT2D eigenvalue weighted by atomic mass is 16.6. The summed E-state index contributed by atoms with van der Waals surface area (Å²) in [5, 5.41) is 13.7. The van der Waals surface area contributed by atoms with Crippen LogP contribution in [0.1, 0.15) is 0 Å². The van der Waals surface area contributed by atoms with Gasteiger partial charge in [0, 0.05) is 24.4 Å². The number of hydrogen-bond acceptors (Lipinski definition) is 6. The van der Waals surface area contributed by atoms with Gasteiger partial charge in [0.1, 0.15) is 12.4 Å². The molecule has 0 atom stereocenters. The number of nitro groups is 1. The van der Waals surface area contributed by atoms with Crippen LogP contribution in [0.4, 0.5) is 11.5 Å². The van der Waals surface area contributed by atoms with Crippen LogP contribution in [-0.4, -0.2) is 23.1 Å². The second-order valence-electron chi connectivity index (χ2n) is 4.12. The number of rotatable bonds is 3. The van der Waals surface area contributed by atoms with E-state index in [1.54, 1.807) is 24.4 Å². The smallest absolute Gasteiger partial charge is 0.269 e. The Kier molecular flexibility index (Phi) is 3.08. The summed E-state index contributed by atoms with van der Waals surface area (Å²) < 4.78 is 11.2. The summed E-state index contributed by atoms with van der Waals surface area (Å²) >= 11 is 0. The number of nitrogens with zero attached hydrogens (tertiary/aromatic N) is 2. The van der Waals surface area contributed by atoms with Gasteiger partial charge in [0.2, 0.25) is 5.75 Å². The predicted molar refractivity (Wildman–Crippen MR) is 71.4 cm³/mol. The summed E-state index contributed by atoms with van der Waals surface area (Å²) in [5.74, 6) is 2.21. The first-order chi connectivity index (χ1) is 9.74.